The van der Waals surface area contributed by atoms with Gasteiger partial charge in [-0.1, -0.05) is 13.8 Å². The molecule has 0 fully saturated rings. The van der Waals surface area contributed by atoms with E-state index in [0.29, 0.717) is 12.1 Å². The van der Waals surface area contributed by atoms with Gasteiger partial charge in [0.1, 0.15) is 23.3 Å². The van der Waals surface area contributed by atoms with Crippen molar-refractivity contribution in [3.8, 4) is 0 Å². The monoisotopic (exact) mass is 436 g/mol. The zero-order chi connectivity index (χ0) is 22.3. The van der Waals surface area contributed by atoms with Crippen LogP contribution in [0.1, 0.15) is 37.2 Å². The molecule has 2 aromatic heterocycles. The first-order valence-corrected chi connectivity index (χ1v) is 9.94. The lowest BCUT2D eigenvalue weighted by molar-refractivity contribution is -0.141. The maximum absolute atomic E-state index is 12.8. The van der Waals surface area contributed by atoms with Crippen LogP contribution in [0.25, 0.3) is 11.0 Å². The third-order valence-electron chi connectivity index (χ3n) is 4.21. The van der Waals surface area contributed by atoms with E-state index in [-0.39, 0.29) is 30.5 Å². The highest BCUT2D eigenvalue weighted by Gasteiger charge is 2.26. The second-order valence-electron chi connectivity index (χ2n) is 7.15. The van der Waals surface area contributed by atoms with Gasteiger partial charge in [0.2, 0.25) is 5.91 Å². The number of pyridine rings is 1. The Morgan fingerprint density at radius 3 is 2.63 bits per heavy atom. The molecule has 0 unspecified atom stereocenters. The SMILES string of the molecule is CC(C)C[C@@H](NC(=O)c1cc2cccnc2[nH]1)C(=O)NN(CCC(N)=O)C(=O)CCl. The number of nitrogens with two attached hydrogens (primary N) is 1. The van der Waals surface area contributed by atoms with Crippen LogP contribution in [-0.2, 0) is 14.4 Å². The van der Waals surface area contributed by atoms with Gasteiger partial charge in [0, 0.05) is 18.0 Å². The second kappa shape index (κ2) is 10.6. The minimum absolute atomic E-state index is 0.0771. The summed E-state index contributed by atoms with van der Waals surface area (Å²) in [6, 6.07) is 4.28. The Morgan fingerprint density at radius 2 is 2.03 bits per heavy atom. The average molecular weight is 437 g/mol. The lowest BCUT2D eigenvalue weighted by Gasteiger charge is -2.26. The van der Waals surface area contributed by atoms with Crippen LogP contribution in [0.15, 0.2) is 24.4 Å². The Morgan fingerprint density at radius 1 is 1.30 bits per heavy atom. The van der Waals surface area contributed by atoms with Crippen molar-refractivity contribution in [3.05, 3.63) is 30.1 Å². The number of hydrogen-bond acceptors (Lipinski definition) is 5. The first-order chi connectivity index (χ1) is 14.2. The Labute approximate surface area is 178 Å². The lowest BCUT2D eigenvalue weighted by Crippen LogP contribution is -2.55. The summed E-state index contributed by atoms with van der Waals surface area (Å²) < 4.78 is 0. The lowest BCUT2D eigenvalue weighted by atomic mass is 10.0. The van der Waals surface area contributed by atoms with Gasteiger partial charge in [0.15, 0.2) is 0 Å². The molecular weight excluding hydrogens is 412 g/mol. The molecule has 4 amide bonds. The number of hydrogen-bond donors (Lipinski definition) is 4. The van der Waals surface area contributed by atoms with Gasteiger partial charge in [0.25, 0.3) is 17.7 Å². The van der Waals surface area contributed by atoms with Crippen molar-refractivity contribution in [3.63, 3.8) is 0 Å². The van der Waals surface area contributed by atoms with Gasteiger partial charge in [-0.2, -0.15) is 0 Å². The zero-order valence-electron chi connectivity index (χ0n) is 16.8. The van der Waals surface area contributed by atoms with Crippen LogP contribution in [0, 0.1) is 5.92 Å². The van der Waals surface area contributed by atoms with Crippen LogP contribution in [0.2, 0.25) is 0 Å². The van der Waals surface area contributed by atoms with Gasteiger partial charge in [0.05, 0.1) is 6.54 Å². The summed E-state index contributed by atoms with van der Waals surface area (Å²) in [7, 11) is 0. The molecule has 0 saturated carbocycles. The number of aromatic nitrogens is 2. The summed E-state index contributed by atoms with van der Waals surface area (Å²) in [5.41, 5.74) is 8.35. The quantitative estimate of drug-likeness (QED) is 0.336. The van der Waals surface area contributed by atoms with E-state index in [4.69, 9.17) is 17.3 Å². The molecule has 0 aliphatic rings. The molecule has 0 saturated heterocycles. The molecule has 0 aromatic carbocycles. The summed E-state index contributed by atoms with van der Waals surface area (Å²) in [4.78, 5) is 55.5. The number of rotatable bonds is 9. The molecule has 11 heteroatoms. The van der Waals surface area contributed by atoms with Crippen LogP contribution in [0.5, 0.6) is 0 Å². The number of aromatic amines is 1. The third-order valence-corrected chi connectivity index (χ3v) is 4.44. The predicted octanol–water partition coefficient (Wildman–Crippen LogP) is 0.681. The van der Waals surface area contributed by atoms with E-state index in [1.807, 2.05) is 19.9 Å². The van der Waals surface area contributed by atoms with Crippen LogP contribution < -0.4 is 16.5 Å². The number of carbonyl (C=O) groups is 4. The Hall–Kier alpha value is -3.14. The van der Waals surface area contributed by atoms with Crippen LogP contribution in [-0.4, -0.2) is 57.1 Å². The molecule has 162 valence electrons. The average Bonchev–Trinajstić information content (AvgIpc) is 3.13. The molecule has 10 nitrogen and oxygen atoms in total. The highest BCUT2D eigenvalue weighted by molar-refractivity contribution is 6.27. The van der Waals surface area contributed by atoms with E-state index >= 15 is 0 Å². The number of amides is 4. The smallest absolute Gasteiger partial charge is 0.268 e. The molecule has 2 heterocycles. The van der Waals surface area contributed by atoms with Crippen LogP contribution in [0.4, 0.5) is 0 Å². The predicted molar refractivity (Wildman–Crippen MR) is 111 cm³/mol. The van der Waals surface area contributed by atoms with Crippen molar-refractivity contribution in [2.24, 2.45) is 11.7 Å². The number of nitrogens with zero attached hydrogens (tertiary/aromatic N) is 2. The number of nitrogens with one attached hydrogen (secondary N) is 3. The van der Waals surface area contributed by atoms with E-state index in [9.17, 15) is 19.2 Å². The van der Waals surface area contributed by atoms with E-state index < -0.39 is 29.7 Å². The van der Waals surface area contributed by atoms with Crippen LogP contribution >= 0.6 is 11.6 Å². The van der Waals surface area contributed by atoms with Crippen molar-refractivity contribution in [1.82, 2.24) is 25.7 Å². The fourth-order valence-corrected chi connectivity index (χ4v) is 2.91. The fraction of sp³-hybridized carbons (Fsp3) is 0.421. The number of alkyl halides is 1. The number of halogens is 1. The fourth-order valence-electron chi connectivity index (χ4n) is 2.77. The highest BCUT2D eigenvalue weighted by Crippen LogP contribution is 2.13. The molecule has 2 aromatic rings. The van der Waals surface area contributed by atoms with Gasteiger partial charge in [-0.3, -0.25) is 29.6 Å². The summed E-state index contributed by atoms with van der Waals surface area (Å²) in [6.45, 7) is 3.67. The minimum Gasteiger partial charge on any atom is -0.370 e. The Balaban J connectivity index is 2.13. The van der Waals surface area contributed by atoms with Crippen molar-refractivity contribution < 1.29 is 19.2 Å². The van der Waals surface area contributed by atoms with E-state index in [1.165, 1.54) is 0 Å². The molecule has 1 atom stereocenters. The number of primary amides is 1. The Kier molecular flexibility index (Phi) is 8.16. The van der Waals surface area contributed by atoms with Gasteiger partial charge in [-0.15, -0.1) is 11.6 Å². The molecule has 0 aliphatic carbocycles. The van der Waals surface area contributed by atoms with E-state index in [0.717, 1.165) is 10.4 Å². The normalized spacial score (nSPS) is 11.9. The maximum atomic E-state index is 12.8. The molecule has 5 N–H and O–H groups in total. The standard InChI is InChI=1S/C19H25ClN6O4/c1-11(2)8-13(19(30)25-26(16(28)10-20)7-5-15(21)27)24-18(29)14-9-12-4-3-6-22-17(12)23-14/h3-4,6,9,11,13H,5,7-8,10H2,1-2H3,(H2,21,27)(H,22,23)(H,24,29)(H,25,30)/t13-/m1/s1. The molecule has 0 aliphatic heterocycles. The molecule has 0 bridgehead atoms. The topological polar surface area (TPSA) is 150 Å². The summed E-state index contributed by atoms with van der Waals surface area (Å²) in [6.07, 6.45) is 1.78. The molecule has 2 rings (SSSR count). The number of fused-ring (bicyclic) bond motifs is 1. The first kappa shape index (κ1) is 23.1. The number of H-pyrrole nitrogens is 1. The largest absolute Gasteiger partial charge is 0.370 e. The van der Waals surface area contributed by atoms with E-state index in [1.54, 1.807) is 18.3 Å². The Bertz CT molecular complexity index is 896. The number of carbonyl (C=O) groups excluding carboxylic acids is 4. The van der Waals surface area contributed by atoms with E-state index in [2.05, 4.69) is 20.7 Å². The molecule has 0 radical (unpaired) electrons. The van der Waals surface area contributed by atoms with Gasteiger partial charge >= 0.3 is 0 Å². The minimum atomic E-state index is -0.920. The van der Waals surface area contributed by atoms with Crippen molar-refractivity contribution in [2.45, 2.75) is 32.7 Å². The number of hydrazine groups is 1. The maximum Gasteiger partial charge on any atom is 0.268 e. The highest BCUT2D eigenvalue weighted by atomic mass is 35.5. The summed E-state index contributed by atoms with van der Waals surface area (Å²) in [5.74, 6) is -2.62. The van der Waals surface area contributed by atoms with Gasteiger partial charge in [-0.05, 0) is 30.5 Å². The van der Waals surface area contributed by atoms with Crippen molar-refractivity contribution in [2.75, 3.05) is 12.4 Å². The summed E-state index contributed by atoms with van der Waals surface area (Å²) in [5, 5.41) is 4.38. The van der Waals surface area contributed by atoms with Crippen molar-refractivity contribution >= 4 is 46.3 Å². The molecule has 0 spiro atoms. The molecular formula is C19H25ClN6O4. The summed E-state index contributed by atoms with van der Waals surface area (Å²) >= 11 is 5.57. The van der Waals surface area contributed by atoms with Crippen LogP contribution in [0.3, 0.4) is 0 Å². The third kappa shape index (κ3) is 6.45. The van der Waals surface area contributed by atoms with Gasteiger partial charge < -0.3 is 16.0 Å². The van der Waals surface area contributed by atoms with Gasteiger partial charge in [-0.25, -0.2) is 4.98 Å². The van der Waals surface area contributed by atoms with Crippen molar-refractivity contribution in [1.29, 1.82) is 0 Å². The second-order valence-corrected chi connectivity index (χ2v) is 7.42. The molecule has 30 heavy (non-hydrogen) atoms. The first-order valence-electron chi connectivity index (χ1n) is 9.41. The zero-order valence-corrected chi connectivity index (χ0v) is 17.5.